The number of ether oxygens (including phenoxy) is 1. The van der Waals surface area contributed by atoms with Gasteiger partial charge in [-0.15, -0.1) is 10.2 Å². The number of carbonyl (C=O) groups excluding carboxylic acids is 2. The molecular weight excluding hydrogens is 558 g/mol. The summed E-state index contributed by atoms with van der Waals surface area (Å²) in [4.78, 5) is 28.4. The second kappa shape index (κ2) is 11.8. The van der Waals surface area contributed by atoms with E-state index in [0.29, 0.717) is 27.8 Å². The molecule has 1 unspecified atom stereocenters. The molecule has 3 aromatic carbocycles. The normalized spacial score (nSPS) is 16.4. The highest BCUT2D eigenvalue weighted by molar-refractivity contribution is 8.00. The minimum Gasteiger partial charge on any atom is -0.507 e. The summed E-state index contributed by atoms with van der Waals surface area (Å²) >= 11 is 2.68. The van der Waals surface area contributed by atoms with Crippen molar-refractivity contribution < 1.29 is 24.5 Å². The number of benzene rings is 3. The zero-order valence-corrected chi connectivity index (χ0v) is 24.7. The van der Waals surface area contributed by atoms with Gasteiger partial charge in [-0.3, -0.25) is 14.5 Å². The summed E-state index contributed by atoms with van der Waals surface area (Å²) in [7, 11) is 0. The molecule has 1 saturated heterocycles. The lowest BCUT2D eigenvalue weighted by molar-refractivity contribution is -0.132. The quantitative estimate of drug-likeness (QED) is 0.0791. The molecule has 1 fully saturated rings. The first-order valence-corrected chi connectivity index (χ1v) is 14.8. The van der Waals surface area contributed by atoms with Gasteiger partial charge in [0.25, 0.3) is 5.78 Å². The van der Waals surface area contributed by atoms with Gasteiger partial charge in [-0.25, -0.2) is 0 Å². The number of hydrogen-bond acceptors (Lipinski definition) is 9. The first-order chi connectivity index (χ1) is 19.7. The number of aromatic hydroxyl groups is 1. The van der Waals surface area contributed by atoms with Gasteiger partial charge in [0.05, 0.1) is 18.2 Å². The van der Waals surface area contributed by atoms with Gasteiger partial charge in [0, 0.05) is 11.3 Å². The Labute approximate surface area is 246 Å². The SMILES string of the molecule is CCOc1cc(C2/C(=C(\O)c3cc(C)ccc3C)C(=O)C(=O)N2c2nnc(SCc3ccc(C)cc3)s2)ccc1O. The molecule has 1 aliphatic rings. The van der Waals surface area contributed by atoms with Gasteiger partial charge < -0.3 is 14.9 Å². The third-order valence-electron chi connectivity index (χ3n) is 6.78. The summed E-state index contributed by atoms with van der Waals surface area (Å²) in [5, 5.41) is 30.7. The van der Waals surface area contributed by atoms with E-state index in [9.17, 15) is 19.8 Å². The van der Waals surface area contributed by atoms with Crippen molar-refractivity contribution in [2.45, 2.75) is 43.8 Å². The molecule has 0 saturated carbocycles. The van der Waals surface area contributed by atoms with E-state index in [0.717, 1.165) is 16.7 Å². The van der Waals surface area contributed by atoms with Crippen LogP contribution in [0, 0.1) is 20.8 Å². The van der Waals surface area contributed by atoms with Crippen molar-refractivity contribution in [2.75, 3.05) is 11.5 Å². The number of ketones is 1. The van der Waals surface area contributed by atoms with Crippen molar-refractivity contribution in [3.63, 3.8) is 0 Å². The number of amides is 1. The zero-order chi connectivity index (χ0) is 29.3. The van der Waals surface area contributed by atoms with Crippen molar-refractivity contribution in [3.8, 4) is 11.5 Å². The van der Waals surface area contributed by atoms with E-state index in [4.69, 9.17) is 4.74 Å². The fourth-order valence-corrected chi connectivity index (χ4v) is 6.46. The summed E-state index contributed by atoms with van der Waals surface area (Å²) in [6.07, 6.45) is 0. The van der Waals surface area contributed by atoms with Crippen molar-refractivity contribution in [2.24, 2.45) is 0 Å². The number of aromatic nitrogens is 2. The standard InChI is InChI=1S/C31H29N3O5S2/c1-5-39-24-15-21(12-13-23(24)35)26-25(27(36)22-14-18(3)6-9-19(22)4)28(37)29(38)34(26)30-32-33-31(41-30)40-16-20-10-7-17(2)8-11-20/h6-15,26,35-36H,5,16H2,1-4H3/b27-25+. The maximum atomic E-state index is 13.6. The van der Waals surface area contributed by atoms with Crippen LogP contribution in [0.15, 0.2) is 70.6 Å². The van der Waals surface area contributed by atoms with Crippen LogP contribution in [0.3, 0.4) is 0 Å². The fraction of sp³-hybridized carbons (Fsp3) is 0.226. The molecule has 8 nitrogen and oxygen atoms in total. The van der Waals surface area contributed by atoms with E-state index in [2.05, 4.69) is 22.3 Å². The van der Waals surface area contributed by atoms with Gasteiger partial charge in [0.15, 0.2) is 15.8 Å². The highest BCUT2D eigenvalue weighted by Crippen LogP contribution is 2.45. The molecule has 210 valence electrons. The summed E-state index contributed by atoms with van der Waals surface area (Å²) in [6.45, 7) is 7.84. The van der Waals surface area contributed by atoms with Gasteiger partial charge in [0.2, 0.25) is 5.13 Å². The number of aliphatic hydroxyl groups is 1. The number of anilines is 1. The number of rotatable bonds is 8. The molecule has 41 heavy (non-hydrogen) atoms. The molecule has 0 aliphatic carbocycles. The van der Waals surface area contributed by atoms with Crippen molar-refractivity contribution >= 4 is 45.7 Å². The summed E-state index contributed by atoms with van der Waals surface area (Å²) < 4.78 is 6.22. The van der Waals surface area contributed by atoms with E-state index in [1.165, 1.54) is 39.6 Å². The van der Waals surface area contributed by atoms with Gasteiger partial charge in [-0.05, 0) is 62.6 Å². The maximum absolute atomic E-state index is 13.6. The van der Waals surface area contributed by atoms with Crippen LogP contribution in [0.5, 0.6) is 11.5 Å². The zero-order valence-electron chi connectivity index (χ0n) is 23.0. The number of hydrogen-bond donors (Lipinski definition) is 2. The Morgan fingerprint density at radius 3 is 2.46 bits per heavy atom. The predicted octanol–water partition coefficient (Wildman–Crippen LogP) is 6.49. The third-order valence-corrected chi connectivity index (χ3v) is 8.90. The topological polar surface area (TPSA) is 113 Å². The Morgan fingerprint density at radius 1 is 1.00 bits per heavy atom. The molecule has 0 spiro atoms. The van der Waals surface area contributed by atoms with Crippen LogP contribution in [0.4, 0.5) is 5.13 Å². The molecule has 4 aromatic rings. The lowest BCUT2D eigenvalue weighted by atomic mass is 9.93. The monoisotopic (exact) mass is 587 g/mol. The van der Waals surface area contributed by atoms with Gasteiger partial charge in [-0.2, -0.15) is 0 Å². The van der Waals surface area contributed by atoms with Crippen molar-refractivity contribution in [1.29, 1.82) is 0 Å². The number of Topliss-reactive ketones (excluding diaryl/α,β-unsaturated/α-hetero) is 1. The lowest BCUT2D eigenvalue weighted by Crippen LogP contribution is -2.29. The molecule has 2 N–H and O–H groups in total. The second-order valence-corrected chi connectivity index (χ2v) is 12.0. The highest BCUT2D eigenvalue weighted by atomic mass is 32.2. The van der Waals surface area contributed by atoms with Gasteiger partial charge in [0.1, 0.15) is 5.76 Å². The van der Waals surface area contributed by atoms with E-state index >= 15 is 0 Å². The minimum atomic E-state index is -1.02. The van der Waals surface area contributed by atoms with Crippen molar-refractivity contribution in [1.82, 2.24) is 10.2 Å². The third kappa shape index (κ3) is 5.71. The van der Waals surface area contributed by atoms with Crippen LogP contribution in [-0.4, -0.2) is 38.7 Å². The van der Waals surface area contributed by atoms with E-state index in [1.807, 2.05) is 45.0 Å². The lowest BCUT2D eigenvalue weighted by Gasteiger charge is -2.23. The van der Waals surface area contributed by atoms with Crippen LogP contribution in [0.1, 0.15) is 46.3 Å². The van der Waals surface area contributed by atoms with E-state index in [1.54, 1.807) is 25.1 Å². The average molecular weight is 588 g/mol. The number of thioether (sulfide) groups is 1. The molecule has 1 amide bonds. The number of phenols is 1. The van der Waals surface area contributed by atoms with Crippen LogP contribution in [-0.2, 0) is 15.3 Å². The highest BCUT2D eigenvalue weighted by Gasteiger charge is 2.48. The smallest absolute Gasteiger partial charge is 0.301 e. The summed E-state index contributed by atoms with van der Waals surface area (Å²) in [5.41, 5.74) is 4.81. The number of aryl methyl sites for hydroxylation is 3. The fourth-order valence-electron chi connectivity index (χ4n) is 4.64. The van der Waals surface area contributed by atoms with Crippen LogP contribution in [0.25, 0.3) is 5.76 Å². The molecule has 2 heterocycles. The van der Waals surface area contributed by atoms with Gasteiger partial charge in [-0.1, -0.05) is 76.7 Å². The summed E-state index contributed by atoms with van der Waals surface area (Å²) in [6, 6.07) is 17.4. The molecule has 0 radical (unpaired) electrons. The largest absolute Gasteiger partial charge is 0.507 e. The van der Waals surface area contributed by atoms with Crippen molar-refractivity contribution in [3.05, 3.63) is 99.6 Å². The first kappa shape index (κ1) is 28.4. The Kier molecular flexibility index (Phi) is 8.14. The molecular formula is C31H29N3O5S2. The van der Waals surface area contributed by atoms with Crippen LogP contribution >= 0.6 is 23.1 Å². The van der Waals surface area contributed by atoms with E-state index in [-0.39, 0.29) is 28.0 Å². The Balaban J connectivity index is 1.59. The number of phenolic OH excluding ortho intramolecular Hbond substituents is 1. The Morgan fingerprint density at radius 2 is 1.73 bits per heavy atom. The molecule has 0 bridgehead atoms. The Hall–Kier alpha value is -4.15. The van der Waals surface area contributed by atoms with E-state index < -0.39 is 17.7 Å². The minimum absolute atomic E-state index is 0.0686. The molecule has 1 aliphatic heterocycles. The van der Waals surface area contributed by atoms with Crippen LogP contribution in [0.2, 0.25) is 0 Å². The molecule has 1 atom stereocenters. The summed E-state index contributed by atoms with van der Waals surface area (Å²) in [5.74, 6) is -1.13. The molecule has 1 aromatic heterocycles. The number of aliphatic hydroxyl groups excluding tert-OH is 1. The van der Waals surface area contributed by atoms with Crippen LogP contribution < -0.4 is 9.64 Å². The molecule has 5 rings (SSSR count). The number of nitrogens with zero attached hydrogens (tertiary/aromatic N) is 3. The number of carbonyl (C=O) groups is 2. The van der Waals surface area contributed by atoms with Gasteiger partial charge >= 0.3 is 5.91 Å². The second-order valence-electron chi connectivity index (χ2n) is 9.77. The first-order valence-electron chi connectivity index (χ1n) is 13.0. The molecule has 10 heteroatoms. The predicted molar refractivity (Wildman–Crippen MR) is 161 cm³/mol. The Bertz CT molecular complexity index is 1660. The average Bonchev–Trinajstić information content (AvgIpc) is 3.52. The maximum Gasteiger partial charge on any atom is 0.301 e.